The SMILES string of the molecule is CC(=CCc1ccccc1)CCC(O)CC1CC(O)CC(C)=CCC=CCC(CC(=O)O)=CC(=O)O1. The van der Waals surface area contributed by atoms with Crippen LogP contribution >= 0.6 is 0 Å². The number of aliphatic hydroxyl groups excluding tert-OH is 2. The van der Waals surface area contributed by atoms with E-state index in [1.165, 1.54) is 17.2 Å². The lowest BCUT2D eigenvalue weighted by Gasteiger charge is -2.23. The topological polar surface area (TPSA) is 104 Å². The lowest BCUT2D eigenvalue weighted by molar-refractivity contribution is -0.146. The quantitative estimate of drug-likeness (QED) is 0.310. The summed E-state index contributed by atoms with van der Waals surface area (Å²) in [5.74, 6) is -1.66. The maximum absolute atomic E-state index is 12.6. The highest BCUT2D eigenvalue weighted by Gasteiger charge is 2.22. The molecule has 1 heterocycles. The van der Waals surface area contributed by atoms with Crippen LogP contribution in [0.4, 0.5) is 0 Å². The summed E-state index contributed by atoms with van der Waals surface area (Å²) in [5.41, 5.74) is 3.88. The van der Waals surface area contributed by atoms with Gasteiger partial charge in [-0.3, -0.25) is 4.79 Å². The minimum absolute atomic E-state index is 0.203. The Bertz CT molecular complexity index is 957. The van der Waals surface area contributed by atoms with Crippen LogP contribution in [0.1, 0.15) is 70.8 Å². The lowest BCUT2D eigenvalue weighted by Crippen LogP contribution is -2.28. The van der Waals surface area contributed by atoms with Crippen molar-refractivity contribution in [3.05, 3.63) is 83.0 Å². The van der Waals surface area contributed by atoms with Crippen LogP contribution in [0.2, 0.25) is 0 Å². The molecule has 0 fully saturated rings. The number of hydrogen-bond donors (Lipinski definition) is 3. The van der Waals surface area contributed by atoms with Crippen molar-refractivity contribution < 1.29 is 29.6 Å². The number of rotatable bonds is 9. The molecule has 0 aromatic heterocycles. The number of carbonyl (C=O) groups excluding carboxylic acids is 1. The Morgan fingerprint density at radius 1 is 1.22 bits per heavy atom. The van der Waals surface area contributed by atoms with Gasteiger partial charge in [-0.15, -0.1) is 0 Å². The van der Waals surface area contributed by atoms with Crippen LogP contribution in [0.5, 0.6) is 0 Å². The van der Waals surface area contributed by atoms with Gasteiger partial charge in [0.2, 0.25) is 0 Å². The molecule has 36 heavy (non-hydrogen) atoms. The van der Waals surface area contributed by atoms with Gasteiger partial charge in [-0.2, -0.15) is 0 Å². The Labute approximate surface area is 214 Å². The molecular formula is C30H40O6. The lowest BCUT2D eigenvalue weighted by atomic mass is 9.97. The molecule has 0 saturated heterocycles. The molecule has 0 spiro atoms. The third kappa shape index (κ3) is 12.7. The Morgan fingerprint density at radius 2 is 1.97 bits per heavy atom. The van der Waals surface area contributed by atoms with Crippen LogP contribution in [0.3, 0.4) is 0 Å². The standard InChI is InChI=1S/C30H40O6/c1-22(13-15-24-10-6-4-7-11-24)14-16-26(31)20-28-21-27(32)17-23(2)9-5-3-8-12-25(18-29(33)34)19-30(35)36-28/h3-4,6-11,13,19,26-28,31-32H,5,12,14-18,20-21H2,1-2H3,(H,33,34). The molecule has 1 aliphatic rings. The molecule has 3 unspecified atom stereocenters. The molecule has 1 aromatic rings. The normalized spacial score (nSPS) is 21.1. The van der Waals surface area contributed by atoms with E-state index in [-0.39, 0.29) is 19.3 Å². The molecule has 0 bridgehead atoms. The number of benzene rings is 1. The molecule has 0 saturated carbocycles. The van der Waals surface area contributed by atoms with Gasteiger partial charge in [0, 0.05) is 18.9 Å². The van der Waals surface area contributed by atoms with Gasteiger partial charge < -0.3 is 20.1 Å². The summed E-state index contributed by atoms with van der Waals surface area (Å²) in [6.07, 6.45) is 10.8. The molecule has 1 aliphatic heterocycles. The summed E-state index contributed by atoms with van der Waals surface area (Å²) in [4.78, 5) is 23.8. The minimum atomic E-state index is -1.02. The summed E-state index contributed by atoms with van der Waals surface area (Å²) in [7, 11) is 0. The fourth-order valence-electron chi connectivity index (χ4n) is 4.20. The zero-order valence-corrected chi connectivity index (χ0v) is 21.4. The Hall–Kier alpha value is -2.96. The minimum Gasteiger partial charge on any atom is -0.481 e. The molecular weight excluding hydrogens is 456 g/mol. The number of carboxylic acids is 1. The summed E-state index contributed by atoms with van der Waals surface area (Å²) < 4.78 is 5.61. The summed E-state index contributed by atoms with van der Waals surface area (Å²) >= 11 is 0. The first kappa shape index (κ1) is 29.3. The van der Waals surface area contributed by atoms with E-state index in [9.17, 15) is 24.9 Å². The average Bonchev–Trinajstić information content (AvgIpc) is 2.80. The van der Waals surface area contributed by atoms with Crippen molar-refractivity contribution in [2.24, 2.45) is 0 Å². The van der Waals surface area contributed by atoms with E-state index in [4.69, 9.17) is 4.74 Å². The molecule has 196 valence electrons. The Kier molecular flexibility index (Phi) is 12.9. The van der Waals surface area contributed by atoms with Crippen LogP contribution < -0.4 is 0 Å². The van der Waals surface area contributed by atoms with Crippen molar-refractivity contribution in [3.63, 3.8) is 0 Å². The van der Waals surface area contributed by atoms with Crippen molar-refractivity contribution in [3.8, 4) is 0 Å². The van der Waals surface area contributed by atoms with Crippen molar-refractivity contribution in [1.29, 1.82) is 0 Å². The second kappa shape index (κ2) is 15.9. The molecule has 2 rings (SSSR count). The first-order chi connectivity index (χ1) is 17.2. The fourth-order valence-corrected chi connectivity index (χ4v) is 4.20. The molecule has 3 atom stereocenters. The van der Waals surface area contributed by atoms with Gasteiger partial charge in [-0.1, -0.05) is 65.8 Å². The molecule has 0 aliphatic carbocycles. The first-order valence-electron chi connectivity index (χ1n) is 12.7. The smallest absolute Gasteiger partial charge is 0.331 e. The molecule has 6 heteroatoms. The fraction of sp³-hybridized carbons (Fsp3) is 0.467. The molecule has 1 aromatic carbocycles. The van der Waals surface area contributed by atoms with Gasteiger partial charge in [0.05, 0.1) is 18.6 Å². The van der Waals surface area contributed by atoms with E-state index in [0.29, 0.717) is 37.7 Å². The zero-order valence-electron chi connectivity index (χ0n) is 21.4. The number of ether oxygens (including phenoxy) is 1. The average molecular weight is 497 g/mol. The maximum Gasteiger partial charge on any atom is 0.331 e. The maximum atomic E-state index is 12.6. The van der Waals surface area contributed by atoms with Gasteiger partial charge >= 0.3 is 11.9 Å². The van der Waals surface area contributed by atoms with Gasteiger partial charge in [0.15, 0.2) is 0 Å². The third-order valence-electron chi connectivity index (χ3n) is 6.16. The van der Waals surface area contributed by atoms with Crippen molar-refractivity contribution >= 4 is 11.9 Å². The van der Waals surface area contributed by atoms with Crippen LogP contribution in [0.25, 0.3) is 0 Å². The van der Waals surface area contributed by atoms with E-state index < -0.39 is 30.3 Å². The highest BCUT2D eigenvalue weighted by Crippen LogP contribution is 2.20. The number of esters is 1. The number of aliphatic hydroxyl groups is 2. The van der Waals surface area contributed by atoms with E-state index in [1.54, 1.807) is 0 Å². The van der Waals surface area contributed by atoms with E-state index in [2.05, 4.69) is 18.2 Å². The van der Waals surface area contributed by atoms with Crippen molar-refractivity contribution in [2.45, 2.75) is 89.9 Å². The highest BCUT2D eigenvalue weighted by atomic mass is 16.5. The first-order valence-corrected chi connectivity index (χ1v) is 12.7. The number of cyclic esters (lactones) is 1. The largest absolute Gasteiger partial charge is 0.481 e. The summed E-state index contributed by atoms with van der Waals surface area (Å²) in [6.45, 7) is 3.98. The second-order valence-electron chi connectivity index (χ2n) is 9.66. The second-order valence-corrected chi connectivity index (χ2v) is 9.66. The van der Waals surface area contributed by atoms with Gasteiger partial charge in [-0.05, 0) is 63.5 Å². The van der Waals surface area contributed by atoms with Crippen LogP contribution in [-0.4, -0.2) is 45.6 Å². The predicted molar refractivity (Wildman–Crippen MR) is 141 cm³/mol. The van der Waals surface area contributed by atoms with E-state index >= 15 is 0 Å². The van der Waals surface area contributed by atoms with Gasteiger partial charge in [-0.25, -0.2) is 4.79 Å². The van der Waals surface area contributed by atoms with Crippen molar-refractivity contribution in [1.82, 2.24) is 0 Å². The van der Waals surface area contributed by atoms with Crippen molar-refractivity contribution in [2.75, 3.05) is 0 Å². The van der Waals surface area contributed by atoms with Crippen LogP contribution in [-0.2, 0) is 20.7 Å². The van der Waals surface area contributed by atoms with Crippen LogP contribution in [0.15, 0.2) is 77.4 Å². The Balaban J connectivity index is 2.03. The molecule has 3 N–H and O–H groups in total. The number of carboxylic acid groups (broad SMARTS) is 1. The Morgan fingerprint density at radius 3 is 2.69 bits per heavy atom. The van der Waals surface area contributed by atoms with Gasteiger partial charge in [0.1, 0.15) is 6.10 Å². The zero-order chi connectivity index (χ0) is 26.3. The van der Waals surface area contributed by atoms with E-state index in [1.807, 2.05) is 50.3 Å². The number of aliphatic carboxylic acids is 1. The monoisotopic (exact) mass is 496 g/mol. The van der Waals surface area contributed by atoms with Crippen LogP contribution in [0, 0.1) is 0 Å². The molecule has 0 radical (unpaired) electrons. The molecule has 6 nitrogen and oxygen atoms in total. The van der Waals surface area contributed by atoms with Gasteiger partial charge in [0.25, 0.3) is 0 Å². The molecule has 0 amide bonds. The highest BCUT2D eigenvalue weighted by molar-refractivity contribution is 5.84. The van der Waals surface area contributed by atoms with E-state index in [0.717, 1.165) is 12.0 Å². The number of allylic oxidation sites excluding steroid dienone is 5. The third-order valence-corrected chi connectivity index (χ3v) is 6.16. The number of hydrogen-bond acceptors (Lipinski definition) is 5. The predicted octanol–water partition coefficient (Wildman–Crippen LogP) is 5.46. The summed E-state index contributed by atoms with van der Waals surface area (Å²) in [6, 6.07) is 10.2. The summed E-state index contributed by atoms with van der Waals surface area (Å²) in [5, 5.41) is 30.5. The number of carbonyl (C=O) groups is 2.